The summed E-state index contributed by atoms with van der Waals surface area (Å²) in [4.78, 5) is 4.24. The van der Waals surface area contributed by atoms with E-state index in [1.807, 2.05) is 24.5 Å². The Morgan fingerprint density at radius 1 is 1.14 bits per heavy atom. The lowest BCUT2D eigenvalue weighted by Crippen LogP contribution is -2.19. The molecule has 0 radical (unpaired) electrons. The molecule has 1 aromatic heterocycles. The lowest BCUT2D eigenvalue weighted by molar-refractivity contribution is 0.224. The topological polar surface area (TPSA) is 54.5 Å². The summed E-state index contributed by atoms with van der Waals surface area (Å²) in [6.07, 6.45) is 5.54. The van der Waals surface area contributed by atoms with Gasteiger partial charge in [0.15, 0.2) is 0 Å². The number of pyridine rings is 1. The fourth-order valence-electron chi connectivity index (χ4n) is 2.72. The molecule has 0 aliphatic carbocycles. The van der Waals surface area contributed by atoms with Gasteiger partial charge in [-0.1, -0.05) is 36.4 Å². The molecule has 0 saturated heterocycles. The van der Waals surface area contributed by atoms with Crippen LogP contribution in [0, 0.1) is 0 Å². The van der Waals surface area contributed by atoms with E-state index in [4.69, 9.17) is 10.8 Å². The number of hydrazone groups is 1. The van der Waals surface area contributed by atoms with Crippen molar-refractivity contribution in [1.82, 2.24) is 9.99 Å². The van der Waals surface area contributed by atoms with Crippen LogP contribution in [0.4, 0.5) is 0 Å². The Balaban J connectivity index is 1.82. The Labute approximate surface area is 125 Å². The van der Waals surface area contributed by atoms with Gasteiger partial charge in [0.05, 0.1) is 12.6 Å². The van der Waals surface area contributed by atoms with Gasteiger partial charge in [-0.2, -0.15) is 5.10 Å². The molecule has 0 saturated carbocycles. The average molecular weight is 280 g/mol. The first-order valence-electron chi connectivity index (χ1n) is 7.33. The predicted molar refractivity (Wildman–Crippen MR) is 84.7 cm³/mol. The van der Waals surface area contributed by atoms with Crippen LogP contribution in [0.2, 0.25) is 0 Å². The van der Waals surface area contributed by atoms with Gasteiger partial charge in [-0.15, -0.1) is 0 Å². The molecule has 2 aromatic rings. The molecule has 4 heteroatoms. The molecule has 2 heterocycles. The Morgan fingerprint density at radius 3 is 2.71 bits per heavy atom. The second-order valence-corrected chi connectivity index (χ2v) is 5.29. The van der Waals surface area contributed by atoms with Crippen molar-refractivity contribution in [3.05, 3.63) is 66.0 Å². The second kappa shape index (κ2) is 6.50. The fraction of sp³-hybridized carbons (Fsp3) is 0.294. The Morgan fingerprint density at radius 2 is 2.00 bits per heavy atom. The third-order valence-electron chi connectivity index (χ3n) is 3.75. The summed E-state index contributed by atoms with van der Waals surface area (Å²) >= 11 is 0. The summed E-state index contributed by atoms with van der Waals surface area (Å²) in [5, 5.41) is 6.94. The first-order chi connectivity index (χ1) is 10.4. The minimum Gasteiger partial charge on any atom is -0.330 e. The summed E-state index contributed by atoms with van der Waals surface area (Å²) in [7, 11) is 0. The monoisotopic (exact) mass is 280 g/mol. The molecule has 4 nitrogen and oxygen atoms in total. The standard InChI is InChI=1S/C17H20N4/c18-9-8-16-11-17(15-7-4-10-19-12-15)21(20-16)13-14-5-2-1-3-6-14/h1-7,10,12,17H,8-9,11,13,18H2. The highest BCUT2D eigenvalue weighted by Crippen LogP contribution is 2.32. The van der Waals surface area contributed by atoms with Crippen LogP contribution >= 0.6 is 0 Å². The van der Waals surface area contributed by atoms with E-state index < -0.39 is 0 Å². The molecule has 0 amide bonds. The summed E-state index contributed by atoms with van der Waals surface area (Å²) in [6, 6.07) is 14.8. The first kappa shape index (κ1) is 13.8. The van der Waals surface area contributed by atoms with Gasteiger partial charge in [-0.25, -0.2) is 0 Å². The lowest BCUT2D eigenvalue weighted by Gasteiger charge is -2.23. The Kier molecular flexibility index (Phi) is 4.26. The van der Waals surface area contributed by atoms with Crippen molar-refractivity contribution in [2.75, 3.05) is 6.54 Å². The number of aromatic nitrogens is 1. The molecule has 2 N–H and O–H groups in total. The summed E-state index contributed by atoms with van der Waals surface area (Å²) in [6.45, 7) is 1.46. The van der Waals surface area contributed by atoms with E-state index in [0.29, 0.717) is 6.54 Å². The SMILES string of the molecule is NCCC1=NN(Cc2ccccc2)C(c2cccnc2)C1. The molecule has 0 fully saturated rings. The minimum absolute atomic E-state index is 0.264. The van der Waals surface area contributed by atoms with Crippen LogP contribution < -0.4 is 5.73 Å². The van der Waals surface area contributed by atoms with Crippen LogP contribution in [-0.4, -0.2) is 22.2 Å². The molecule has 108 valence electrons. The van der Waals surface area contributed by atoms with Gasteiger partial charge >= 0.3 is 0 Å². The van der Waals surface area contributed by atoms with Crippen molar-refractivity contribution in [2.45, 2.75) is 25.4 Å². The number of hydrogen-bond acceptors (Lipinski definition) is 4. The molecule has 21 heavy (non-hydrogen) atoms. The molecule has 1 unspecified atom stereocenters. The zero-order chi connectivity index (χ0) is 14.5. The maximum Gasteiger partial charge on any atom is 0.0791 e. The van der Waals surface area contributed by atoms with Gasteiger partial charge in [0.1, 0.15) is 0 Å². The zero-order valence-electron chi connectivity index (χ0n) is 12.0. The van der Waals surface area contributed by atoms with Crippen LogP contribution in [0.3, 0.4) is 0 Å². The summed E-state index contributed by atoms with van der Waals surface area (Å²) in [5.74, 6) is 0. The van der Waals surface area contributed by atoms with Crippen LogP contribution in [-0.2, 0) is 6.54 Å². The van der Waals surface area contributed by atoms with Gasteiger partial charge < -0.3 is 5.73 Å². The molecule has 3 rings (SSSR count). The quantitative estimate of drug-likeness (QED) is 0.916. The van der Waals surface area contributed by atoms with Gasteiger partial charge in [0.25, 0.3) is 0 Å². The number of hydrogen-bond donors (Lipinski definition) is 1. The number of nitrogens with two attached hydrogens (primary N) is 1. The maximum atomic E-state index is 5.68. The highest BCUT2D eigenvalue weighted by molar-refractivity contribution is 5.86. The number of rotatable bonds is 5. The predicted octanol–water partition coefficient (Wildman–Crippen LogP) is 2.73. The summed E-state index contributed by atoms with van der Waals surface area (Å²) < 4.78 is 0. The zero-order valence-corrected chi connectivity index (χ0v) is 12.0. The molecule has 0 spiro atoms. The van der Waals surface area contributed by atoms with E-state index in [1.54, 1.807) is 0 Å². The molecule has 1 atom stereocenters. The van der Waals surface area contributed by atoms with E-state index in [0.717, 1.165) is 19.4 Å². The van der Waals surface area contributed by atoms with Crippen LogP contribution in [0.15, 0.2) is 60.0 Å². The van der Waals surface area contributed by atoms with Crippen LogP contribution in [0.1, 0.15) is 30.0 Å². The average Bonchev–Trinajstić information content (AvgIpc) is 2.92. The molecular weight excluding hydrogens is 260 g/mol. The van der Waals surface area contributed by atoms with Crippen molar-refractivity contribution >= 4 is 5.71 Å². The molecule has 1 aliphatic heterocycles. The minimum atomic E-state index is 0.264. The lowest BCUT2D eigenvalue weighted by atomic mass is 10.0. The van der Waals surface area contributed by atoms with E-state index in [1.165, 1.54) is 16.8 Å². The van der Waals surface area contributed by atoms with E-state index in [2.05, 4.69) is 40.3 Å². The Bertz CT molecular complexity index is 595. The largest absolute Gasteiger partial charge is 0.330 e. The maximum absolute atomic E-state index is 5.68. The fourth-order valence-corrected chi connectivity index (χ4v) is 2.72. The number of nitrogens with zero attached hydrogens (tertiary/aromatic N) is 3. The third-order valence-corrected chi connectivity index (χ3v) is 3.75. The normalized spacial score (nSPS) is 17.9. The van der Waals surface area contributed by atoms with Crippen molar-refractivity contribution < 1.29 is 0 Å². The van der Waals surface area contributed by atoms with E-state index in [-0.39, 0.29) is 6.04 Å². The number of benzene rings is 1. The van der Waals surface area contributed by atoms with E-state index >= 15 is 0 Å². The smallest absolute Gasteiger partial charge is 0.0791 e. The van der Waals surface area contributed by atoms with Gasteiger partial charge in [-0.3, -0.25) is 9.99 Å². The van der Waals surface area contributed by atoms with Crippen LogP contribution in [0.25, 0.3) is 0 Å². The van der Waals surface area contributed by atoms with Crippen LogP contribution in [0.5, 0.6) is 0 Å². The first-order valence-corrected chi connectivity index (χ1v) is 7.33. The highest BCUT2D eigenvalue weighted by Gasteiger charge is 2.27. The van der Waals surface area contributed by atoms with Crippen molar-refractivity contribution in [3.8, 4) is 0 Å². The highest BCUT2D eigenvalue weighted by atomic mass is 15.5. The van der Waals surface area contributed by atoms with E-state index in [9.17, 15) is 0 Å². The molecule has 1 aromatic carbocycles. The molecule has 0 bridgehead atoms. The summed E-state index contributed by atoms with van der Waals surface area (Å²) in [5.41, 5.74) is 9.34. The van der Waals surface area contributed by atoms with Gasteiger partial charge in [0.2, 0.25) is 0 Å². The van der Waals surface area contributed by atoms with Gasteiger partial charge in [-0.05, 0) is 30.2 Å². The second-order valence-electron chi connectivity index (χ2n) is 5.29. The van der Waals surface area contributed by atoms with Crippen molar-refractivity contribution in [3.63, 3.8) is 0 Å². The van der Waals surface area contributed by atoms with Crippen molar-refractivity contribution in [1.29, 1.82) is 0 Å². The molecule has 1 aliphatic rings. The van der Waals surface area contributed by atoms with Crippen molar-refractivity contribution in [2.24, 2.45) is 10.8 Å². The Hall–Kier alpha value is -2.20. The third kappa shape index (κ3) is 3.28. The van der Waals surface area contributed by atoms with Gasteiger partial charge in [0, 0.05) is 24.5 Å². The molecular formula is C17H20N4.